The highest BCUT2D eigenvalue weighted by Gasteiger charge is 2.41. The van der Waals surface area contributed by atoms with Crippen LogP contribution in [0.25, 0.3) is 0 Å². The molecule has 2 unspecified atom stereocenters. The molecule has 1 aliphatic heterocycles. The predicted molar refractivity (Wildman–Crippen MR) is 67.6 cm³/mol. The van der Waals surface area contributed by atoms with Gasteiger partial charge in [0.15, 0.2) is 0 Å². The Morgan fingerprint density at radius 2 is 2.24 bits per heavy atom. The standard InChI is InChI=1S/C12H19ClN2O2/c1-4-12(3)11(17)15(7-5-6-13)9(2)8-10(16)14-12/h5-6,9H,4,7-8H2,1-3H3,(H,14,16)/b6-5+. The summed E-state index contributed by atoms with van der Waals surface area (Å²) in [5, 5.41) is 2.80. The van der Waals surface area contributed by atoms with Gasteiger partial charge in [0.05, 0.1) is 0 Å². The lowest BCUT2D eigenvalue weighted by Crippen LogP contribution is -2.55. The fourth-order valence-corrected chi connectivity index (χ4v) is 2.04. The minimum absolute atomic E-state index is 0.0480. The summed E-state index contributed by atoms with van der Waals surface area (Å²) in [5.74, 6) is -0.124. The number of nitrogens with zero attached hydrogens (tertiary/aromatic N) is 1. The van der Waals surface area contributed by atoms with E-state index in [2.05, 4.69) is 5.32 Å². The highest BCUT2D eigenvalue weighted by Crippen LogP contribution is 2.21. The van der Waals surface area contributed by atoms with E-state index >= 15 is 0 Å². The molecule has 2 atom stereocenters. The summed E-state index contributed by atoms with van der Waals surface area (Å²) < 4.78 is 0. The molecule has 0 aromatic rings. The molecule has 96 valence electrons. The molecule has 0 aromatic heterocycles. The maximum Gasteiger partial charge on any atom is 0.248 e. The van der Waals surface area contributed by atoms with Crippen molar-refractivity contribution < 1.29 is 9.59 Å². The summed E-state index contributed by atoms with van der Waals surface area (Å²) in [5.41, 5.74) is 0.589. The SMILES string of the molecule is CCC1(C)NC(=O)CC(C)N(C/C=C/Cl)C1=O. The number of nitrogens with one attached hydrogen (secondary N) is 1. The molecule has 1 aliphatic rings. The van der Waals surface area contributed by atoms with E-state index < -0.39 is 5.54 Å². The minimum Gasteiger partial charge on any atom is -0.342 e. The van der Waals surface area contributed by atoms with Crippen molar-refractivity contribution in [2.75, 3.05) is 6.54 Å². The van der Waals surface area contributed by atoms with Gasteiger partial charge in [-0.3, -0.25) is 9.59 Å². The molecule has 1 heterocycles. The Morgan fingerprint density at radius 3 is 2.76 bits per heavy atom. The molecule has 1 N–H and O–H groups in total. The fraction of sp³-hybridized carbons (Fsp3) is 0.667. The van der Waals surface area contributed by atoms with Crippen LogP contribution in [0.15, 0.2) is 11.6 Å². The van der Waals surface area contributed by atoms with Crippen molar-refractivity contribution in [3.05, 3.63) is 11.6 Å². The van der Waals surface area contributed by atoms with Crippen molar-refractivity contribution in [1.82, 2.24) is 10.2 Å². The Labute approximate surface area is 107 Å². The molecule has 1 saturated heterocycles. The van der Waals surface area contributed by atoms with Crippen molar-refractivity contribution in [2.24, 2.45) is 0 Å². The van der Waals surface area contributed by atoms with Crippen LogP contribution in [0.4, 0.5) is 0 Å². The molecule has 5 heteroatoms. The van der Waals surface area contributed by atoms with Crippen molar-refractivity contribution >= 4 is 23.4 Å². The summed E-state index contributed by atoms with van der Waals surface area (Å²) in [7, 11) is 0. The Bertz CT molecular complexity index is 343. The van der Waals surface area contributed by atoms with Crippen LogP contribution in [-0.4, -0.2) is 34.8 Å². The Balaban J connectivity index is 3.00. The predicted octanol–water partition coefficient (Wildman–Crippen LogP) is 1.64. The first-order valence-corrected chi connectivity index (χ1v) is 6.25. The van der Waals surface area contributed by atoms with E-state index in [0.717, 1.165) is 0 Å². The zero-order valence-corrected chi connectivity index (χ0v) is 11.3. The molecule has 0 saturated carbocycles. The molecule has 0 aromatic carbocycles. The van der Waals surface area contributed by atoms with Crippen LogP contribution in [0.1, 0.15) is 33.6 Å². The Hall–Kier alpha value is -1.03. The summed E-state index contributed by atoms with van der Waals surface area (Å²) in [6.07, 6.45) is 2.62. The maximum absolute atomic E-state index is 12.4. The third-order valence-corrected chi connectivity index (χ3v) is 3.44. The van der Waals surface area contributed by atoms with Gasteiger partial charge in [0.1, 0.15) is 5.54 Å². The number of halogens is 1. The van der Waals surface area contributed by atoms with Gasteiger partial charge in [0.2, 0.25) is 11.8 Å². The zero-order chi connectivity index (χ0) is 13.1. The molecule has 0 aliphatic carbocycles. The zero-order valence-electron chi connectivity index (χ0n) is 10.5. The van der Waals surface area contributed by atoms with Gasteiger partial charge in [-0.05, 0) is 20.3 Å². The molecule has 4 nitrogen and oxygen atoms in total. The van der Waals surface area contributed by atoms with Crippen LogP contribution in [0, 0.1) is 0 Å². The molecule has 0 spiro atoms. The Kier molecular flexibility index (Phi) is 4.57. The van der Waals surface area contributed by atoms with Gasteiger partial charge in [-0.1, -0.05) is 24.6 Å². The third-order valence-electron chi connectivity index (χ3n) is 3.26. The molecule has 0 radical (unpaired) electrons. The molecule has 17 heavy (non-hydrogen) atoms. The fourth-order valence-electron chi connectivity index (χ4n) is 1.96. The highest BCUT2D eigenvalue weighted by atomic mass is 35.5. The van der Waals surface area contributed by atoms with Crippen LogP contribution >= 0.6 is 11.6 Å². The number of amides is 2. The molecule has 0 bridgehead atoms. The van der Waals surface area contributed by atoms with Gasteiger partial charge in [-0.2, -0.15) is 0 Å². The molecule has 1 rings (SSSR count). The normalized spacial score (nSPS) is 30.6. The lowest BCUT2D eigenvalue weighted by atomic mass is 9.97. The van der Waals surface area contributed by atoms with E-state index in [4.69, 9.17) is 11.6 Å². The molecule has 1 fully saturated rings. The summed E-state index contributed by atoms with van der Waals surface area (Å²) >= 11 is 5.49. The number of hydrogen-bond donors (Lipinski definition) is 1. The summed E-state index contributed by atoms with van der Waals surface area (Å²) in [4.78, 5) is 25.8. The van der Waals surface area contributed by atoms with Crippen molar-refractivity contribution in [2.45, 2.75) is 45.2 Å². The molecular formula is C12H19ClN2O2. The lowest BCUT2D eigenvalue weighted by molar-refractivity contribution is -0.139. The average molecular weight is 259 g/mol. The highest BCUT2D eigenvalue weighted by molar-refractivity contribution is 6.25. The third kappa shape index (κ3) is 3.00. The van der Waals surface area contributed by atoms with Crippen LogP contribution in [0.3, 0.4) is 0 Å². The van der Waals surface area contributed by atoms with Gasteiger partial charge in [0.25, 0.3) is 0 Å². The average Bonchev–Trinajstić information content (AvgIpc) is 2.35. The first-order valence-electron chi connectivity index (χ1n) is 5.82. The number of rotatable bonds is 3. The second kappa shape index (κ2) is 5.54. The van der Waals surface area contributed by atoms with Gasteiger partial charge in [0, 0.05) is 24.5 Å². The maximum atomic E-state index is 12.4. The monoisotopic (exact) mass is 258 g/mol. The van der Waals surface area contributed by atoms with Crippen LogP contribution in [0.2, 0.25) is 0 Å². The van der Waals surface area contributed by atoms with E-state index in [9.17, 15) is 9.59 Å². The second-order valence-corrected chi connectivity index (χ2v) is 4.86. The number of carbonyl (C=O) groups excluding carboxylic acids is 2. The van der Waals surface area contributed by atoms with Gasteiger partial charge >= 0.3 is 0 Å². The first-order chi connectivity index (χ1) is 7.94. The van der Waals surface area contributed by atoms with Gasteiger partial charge in [-0.15, -0.1) is 0 Å². The van der Waals surface area contributed by atoms with Crippen LogP contribution < -0.4 is 5.32 Å². The van der Waals surface area contributed by atoms with E-state index in [1.807, 2.05) is 13.8 Å². The Morgan fingerprint density at radius 1 is 1.59 bits per heavy atom. The first kappa shape index (κ1) is 14.0. The van der Waals surface area contributed by atoms with E-state index in [1.165, 1.54) is 5.54 Å². The van der Waals surface area contributed by atoms with Crippen LogP contribution in [-0.2, 0) is 9.59 Å². The minimum atomic E-state index is -0.804. The van der Waals surface area contributed by atoms with Crippen LogP contribution in [0.5, 0.6) is 0 Å². The van der Waals surface area contributed by atoms with Crippen molar-refractivity contribution in [1.29, 1.82) is 0 Å². The van der Waals surface area contributed by atoms with E-state index in [0.29, 0.717) is 19.4 Å². The second-order valence-electron chi connectivity index (χ2n) is 4.61. The largest absolute Gasteiger partial charge is 0.342 e. The smallest absolute Gasteiger partial charge is 0.248 e. The van der Waals surface area contributed by atoms with E-state index in [-0.39, 0.29) is 17.9 Å². The quantitative estimate of drug-likeness (QED) is 0.837. The van der Waals surface area contributed by atoms with Gasteiger partial charge < -0.3 is 10.2 Å². The molecular weight excluding hydrogens is 240 g/mol. The summed E-state index contributed by atoms with van der Waals surface area (Å²) in [6, 6.07) is -0.108. The lowest BCUT2D eigenvalue weighted by Gasteiger charge is -2.32. The molecule has 2 amide bonds. The van der Waals surface area contributed by atoms with Crippen molar-refractivity contribution in [3.63, 3.8) is 0 Å². The topological polar surface area (TPSA) is 49.4 Å². The van der Waals surface area contributed by atoms with Gasteiger partial charge in [-0.25, -0.2) is 0 Å². The summed E-state index contributed by atoms with van der Waals surface area (Å²) in [6.45, 7) is 5.97. The van der Waals surface area contributed by atoms with Crippen molar-refractivity contribution in [3.8, 4) is 0 Å². The van der Waals surface area contributed by atoms with E-state index in [1.54, 1.807) is 17.9 Å². The number of carbonyl (C=O) groups is 2. The number of hydrogen-bond acceptors (Lipinski definition) is 2.